The Bertz CT molecular complexity index is 496. The molecule has 0 aromatic heterocycles. The predicted molar refractivity (Wildman–Crippen MR) is 81.6 cm³/mol. The van der Waals surface area contributed by atoms with Crippen molar-refractivity contribution in [1.82, 2.24) is 0 Å². The summed E-state index contributed by atoms with van der Waals surface area (Å²) in [5, 5.41) is 0.902. The second kappa shape index (κ2) is 6.86. The first-order chi connectivity index (χ1) is 8.83. The van der Waals surface area contributed by atoms with Crippen LogP contribution in [-0.4, -0.2) is 7.11 Å². The molecule has 0 saturated carbocycles. The van der Waals surface area contributed by atoms with Gasteiger partial charge in [-0.05, 0) is 29.3 Å². The molecule has 0 atom stereocenters. The van der Waals surface area contributed by atoms with Gasteiger partial charge >= 0.3 is 0 Å². The lowest BCUT2D eigenvalue weighted by Gasteiger charge is -2.07. The molecule has 0 amide bonds. The number of halogens is 1. The van der Waals surface area contributed by atoms with Crippen LogP contribution in [0.4, 0.5) is 0 Å². The van der Waals surface area contributed by atoms with Gasteiger partial charge in [-0.25, -0.2) is 0 Å². The Kier molecular flexibility index (Phi) is 5.14. The minimum absolute atomic E-state index is 0.902. The van der Waals surface area contributed by atoms with Crippen molar-refractivity contribution in [3.8, 4) is 5.75 Å². The Morgan fingerprint density at radius 1 is 1.06 bits per heavy atom. The highest BCUT2D eigenvalue weighted by molar-refractivity contribution is 9.08. The minimum atomic E-state index is 0.902. The van der Waals surface area contributed by atoms with Crippen LogP contribution in [0.3, 0.4) is 0 Å². The summed E-state index contributed by atoms with van der Waals surface area (Å²) >= 11 is 5.39. The highest BCUT2D eigenvalue weighted by Crippen LogP contribution is 2.28. The maximum atomic E-state index is 5.16. The molecule has 0 fully saturated rings. The van der Waals surface area contributed by atoms with E-state index in [4.69, 9.17) is 4.74 Å². The maximum Gasteiger partial charge on any atom is 0.118 e. The quantitative estimate of drug-likeness (QED) is 0.573. The monoisotopic (exact) mass is 322 g/mol. The molecule has 0 aliphatic rings. The summed E-state index contributed by atoms with van der Waals surface area (Å²) in [5.41, 5.74) is 2.65. The van der Waals surface area contributed by atoms with Crippen molar-refractivity contribution < 1.29 is 4.74 Å². The van der Waals surface area contributed by atoms with E-state index in [9.17, 15) is 0 Å². The molecule has 1 nitrogen and oxygen atoms in total. The Balaban J connectivity index is 2.02. The molecule has 94 valence electrons. The number of benzene rings is 2. The van der Waals surface area contributed by atoms with Gasteiger partial charge in [0.05, 0.1) is 7.11 Å². The second-order valence-electron chi connectivity index (χ2n) is 3.88. The predicted octanol–water partition coefficient (Wildman–Crippen LogP) is 4.88. The van der Waals surface area contributed by atoms with E-state index in [2.05, 4.69) is 52.3 Å². The normalized spacial score (nSPS) is 10.3. The highest BCUT2D eigenvalue weighted by atomic mass is 79.9. The molecule has 2 aromatic carbocycles. The standard InChI is InChI=1S/C15H15BrOS/c1-17-14-8-6-12(7-9-14)11-18-15-5-3-2-4-13(15)10-16/h2-9H,10-11H2,1H3. The molecular weight excluding hydrogens is 308 g/mol. The molecule has 0 spiro atoms. The molecule has 0 saturated heterocycles. The van der Waals surface area contributed by atoms with Gasteiger partial charge in [0.25, 0.3) is 0 Å². The van der Waals surface area contributed by atoms with Gasteiger partial charge < -0.3 is 4.74 Å². The van der Waals surface area contributed by atoms with E-state index < -0.39 is 0 Å². The minimum Gasteiger partial charge on any atom is -0.497 e. The lowest BCUT2D eigenvalue weighted by molar-refractivity contribution is 0.414. The van der Waals surface area contributed by atoms with Gasteiger partial charge in [-0.15, -0.1) is 11.8 Å². The summed E-state index contributed by atoms with van der Waals surface area (Å²) in [6.07, 6.45) is 0. The van der Waals surface area contributed by atoms with Crippen LogP contribution in [0.1, 0.15) is 11.1 Å². The van der Waals surface area contributed by atoms with Crippen LogP contribution in [0, 0.1) is 0 Å². The number of thioether (sulfide) groups is 1. The van der Waals surface area contributed by atoms with Crippen LogP contribution in [0.5, 0.6) is 5.75 Å². The van der Waals surface area contributed by atoms with E-state index in [1.54, 1.807) is 7.11 Å². The third kappa shape index (κ3) is 3.53. The van der Waals surface area contributed by atoms with Gasteiger partial charge in [-0.1, -0.05) is 46.3 Å². The molecule has 0 radical (unpaired) electrons. The molecule has 0 bridgehead atoms. The van der Waals surface area contributed by atoms with E-state index in [-0.39, 0.29) is 0 Å². The number of hydrogen-bond acceptors (Lipinski definition) is 2. The molecule has 0 heterocycles. The molecule has 0 aliphatic heterocycles. The van der Waals surface area contributed by atoms with Crippen LogP contribution in [0.25, 0.3) is 0 Å². The van der Waals surface area contributed by atoms with Crippen molar-refractivity contribution in [3.63, 3.8) is 0 Å². The van der Waals surface area contributed by atoms with E-state index >= 15 is 0 Å². The van der Waals surface area contributed by atoms with E-state index in [1.165, 1.54) is 16.0 Å². The zero-order chi connectivity index (χ0) is 12.8. The summed E-state index contributed by atoms with van der Waals surface area (Å²) in [5.74, 6) is 1.89. The smallest absolute Gasteiger partial charge is 0.118 e. The third-order valence-corrected chi connectivity index (χ3v) is 4.46. The van der Waals surface area contributed by atoms with Crippen LogP contribution in [0.2, 0.25) is 0 Å². The molecule has 0 N–H and O–H groups in total. The van der Waals surface area contributed by atoms with Gasteiger partial charge in [0.1, 0.15) is 5.75 Å². The van der Waals surface area contributed by atoms with Crippen molar-refractivity contribution in [1.29, 1.82) is 0 Å². The van der Waals surface area contributed by atoms with Gasteiger partial charge in [0, 0.05) is 16.0 Å². The number of rotatable bonds is 5. The highest BCUT2D eigenvalue weighted by Gasteiger charge is 2.02. The van der Waals surface area contributed by atoms with Crippen molar-refractivity contribution >= 4 is 27.7 Å². The first-order valence-electron chi connectivity index (χ1n) is 5.73. The van der Waals surface area contributed by atoms with Gasteiger partial charge in [-0.3, -0.25) is 0 Å². The summed E-state index contributed by atoms with van der Waals surface area (Å²) in [4.78, 5) is 1.34. The molecule has 2 rings (SSSR count). The number of methoxy groups -OCH3 is 1. The lowest BCUT2D eigenvalue weighted by Crippen LogP contribution is -1.86. The fourth-order valence-electron chi connectivity index (χ4n) is 1.64. The molecule has 3 heteroatoms. The zero-order valence-corrected chi connectivity index (χ0v) is 12.6. The van der Waals surface area contributed by atoms with Crippen LogP contribution < -0.4 is 4.74 Å². The molecule has 2 aromatic rings. The third-order valence-electron chi connectivity index (χ3n) is 2.67. The van der Waals surface area contributed by atoms with Gasteiger partial charge in [-0.2, -0.15) is 0 Å². The first kappa shape index (κ1) is 13.5. The number of ether oxygens (including phenoxy) is 1. The Morgan fingerprint density at radius 3 is 2.44 bits per heavy atom. The molecule has 18 heavy (non-hydrogen) atoms. The van der Waals surface area contributed by atoms with Crippen LogP contribution in [-0.2, 0) is 11.1 Å². The van der Waals surface area contributed by atoms with Crippen molar-refractivity contribution in [2.24, 2.45) is 0 Å². The van der Waals surface area contributed by atoms with Crippen LogP contribution in [0.15, 0.2) is 53.4 Å². The van der Waals surface area contributed by atoms with Crippen LogP contribution >= 0.6 is 27.7 Å². The van der Waals surface area contributed by atoms with E-state index in [0.717, 1.165) is 16.8 Å². The number of alkyl halides is 1. The summed E-state index contributed by atoms with van der Waals surface area (Å²) < 4.78 is 5.16. The SMILES string of the molecule is COc1ccc(CSc2ccccc2CBr)cc1. The average molecular weight is 323 g/mol. The first-order valence-corrected chi connectivity index (χ1v) is 7.84. The van der Waals surface area contributed by atoms with E-state index in [1.807, 2.05) is 23.9 Å². The van der Waals surface area contributed by atoms with Gasteiger partial charge in [0.15, 0.2) is 0 Å². The Morgan fingerprint density at radius 2 is 1.78 bits per heavy atom. The second-order valence-corrected chi connectivity index (χ2v) is 5.46. The zero-order valence-electron chi connectivity index (χ0n) is 10.2. The maximum absolute atomic E-state index is 5.16. The summed E-state index contributed by atoms with van der Waals surface area (Å²) in [6.45, 7) is 0. The van der Waals surface area contributed by atoms with Crippen molar-refractivity contribution in [2.75, 3.05) is 7.11 Å². The lowest BCUT2D eigenvalue weighted by atomic mass is 10.2. The average Bonchev–Trinajstić information content (AvgIpc) is 2.46. The van der Waals surface area contributed by atoms with Crippen molar-refractivity contribution in [3.05, 3.63) is 59.7 Å². The van der Waals surface area contributed by atoms with Gasteiger partial charge in [0.2, 0.25) is 0 Å². The summed E-state index contributed by atoms with van der Waals surface area (Å²) in [6, 6.07) is 16.7. The Labute approximate surface area is 121 Å². The number of hydrogen-bond donors (Lipinski definition) is 0. The Hall–Kier alpha value is -0.930. The molecule has 0 unspecified atom stereocenters. The fourth-order valence-corrected chi connectivity index (χ4v) is 3.33. The molecular formula is C15H15BrOS. The summed E-state index contributed by atoms with van der Waals surface area (Å²) in [7, 11) is 1.69. The topological polar surface area (TPSA) is 9.23 Å². The molecule has 0 aliphatic carbocycles. The van der Waals surface area contributed by atoms with Crippen molar-refractivity contribution in [2.45, 2.75) is 16.0 Å². The largest absolute Gasteiger partial charge is 0.497 e. The van der Waals surface area contributed by atoms with E-state index in [0.29, 0.717) is 0 Å². The fraction of sp³-hybridized carbons (Fsp3) is 0.200.